The largest absolute Gasteiger partial charge is 0.518 e. The van der Waals surface area contributed by atoms with Crippen LogP contribution in [-0.2, 0) is 13.6 Å². The minimum absolute atomic E-state index is 0.539. The van der Waals surface area contributed by atoms with Crippen LogP contribution in [0, 0.1) is 0 Å². The highest BCUT2D eigenvalue weighted by Crippen LogP contribution is 2.26. The van der Waals surface area contributed by atoms with Crippen LogP contribution in [0.5, 0.6) is 0 Å². The Morgan fingerprint density at radius 1 is 0.800 bits per heavy atom. The van der Waals surface area contributed by atoms with Crippen LogP contribution in [0.4, 0.5) is 0 Å². The second-order valence-electron chi connectivity index (χ2n) is 6.62. The van der Waals surface area contributed by atoms with E-state index < -0.39 is 16.6 Å². The van der Waals surface area contributed by atoms with Crippen LogP contribution in [0.1, 0.15) is 5.56 Å². The molecule has 112 valence electrons. The van der Waals surface area contributed by atoms with Crippen LogP contribution in [0.25, 0.3) is 5.76 Å². The van der Waals surface area contributed by atoms with E-state index >= 15 is 0 Å². The summed E-state index contributed by atoms with van der Waals surface area (Å²) in [6.07, 6.45) is 0. The molecule has 3 nitrogen and oxygen atoms in total. The quantitative estimate of drug-likeness (QED) is 0.565. The van der Waals surface area contributed by atoms with Crippen molar-refractivity contribution in [3.63, 3.8) is 0 Å². The van der Waals surface area contributed by atoms with Crippen molar-refractivity contribution in [1.29, 1.82) is 0 Å². The van der Waals surface area contributed by atoms with Crippen molar-refractivity contribution in [1.82, 2.24) is 0 Å². The minimum atomic E-state index is -1.77. The van der Waals surface area contributed by atoms with Crippen molar-refractivity contribution < 1.29 is 13.6 Å². The van der Waals surface area contributed by atoms with Crippen molar-refractivity contribution in [3.05, 3.63) is 41.8 Å². The number of methoxy groups -OCH3 is 1. The summed E-state index contributed by atoms with van der Waals surface area (Å²) in [4.78, 5) is 0. The lowest BCUT2D eigenvalue weighted by Gasteiger charge is -2.28. The molecule has 0 saturated carbocycles. The molecule has 0 bridgehead atoms. The second kappa shape index (κ2) is 6.50. The van der Waals surface area contributed by atoms with Gasteiger partial charge >= 0.3 is 0 Å². The van der Waals surface area contributed by atoms with Crippen LogP contribution < -0.4 is 0 Å². The lowest BCUT2D eigenvalue weighted by Crippen LogP contribution is -2.32. The number of hydrogen-bond acceptors (Lipinski definition) is 3. The van der Waals surface area contributed by atoms with E-state index in [9.17, 15) is 0 Å². The molecule has 0 saturated heterocycles. The van der Waals surface area contributed by atoms with E-state index in [1.165, 1.54) is 0 Å². The first-order valence-electron chi connectivity index (χ1n) is 6.84. The molecule has 0 aliphatic heterocycles. The molecule has 0 heterocycles. The average molecular weight is 311 g/mol. The molecule has 0 atom stereocenters. The third-order valence-corrected chi connectivity index (χ3v) is 3.82. The van der Waals surface area contributed by atoms with E-state index in [1.54, 1.807) is 7.11 Å². The molecular weight excluding hydrogens is 284 g/mol. The van der Waals surface area contributed by atoms with Gasteiger partial charge in [-0.1, -0.05) is 30.3 Å². The Morgan fingerprint density at radius 3 is 1.60 bits per heavy atom. The van der Waals surface area contributed by atoms with Gasteiger partial charge in [0.05, 0.1) is 7.11 Å². The van der Waals surface area contributed by atoms with Crippen molar-refractivity contribution >= 4 is 22.4 Å². The van der Waals surface area contributed by atoms with Crippen LogP contribution >= 0.6 is 0 Å². The Kier molecular flexibility index (Phi) is 5.47. The van der Waals surface area contributed by atoms with E-state index in [4.69, 9.17) is 13.6 Å². The van der Waals surface area contributed by atoms with Crippen LogP contribution in [-0.4, -0.2) is 23.7 Å². The Morgan fingerprint density at radius 2 is 1.25 bits per heavy atom. The highest BCUT2D eigenvalue weighted by atomic mass is 28.4. The fourth-order valence-corrected chi connectivity index (χ4v) is 3.04. The highest BCUT2D eigenvalue weighted by molar-refractivity contribution is 6.71. The SMILES string of the molecule is COC(=C(O[Si](C)(C)C)O[Si](C)(C)C)c1ccccc1. The lowest BCUT2D eigenvalue weighted by molar-refractivity contribution is 0.197. The standard InChI is InChI=1S/C15H26O3Si2/c1-16-14(13-11-9-8-10-12-13)15(17-19(2,3)4)18-20(5,6)7/h8-12H,1-7H3. The normalized spacial score (nSPS) is 11.8. The maximum Gasteiger partial charge on any atom is 0.296 e. The highest BCUT2D eigenvalue weighted by Gasteiger charge is 2.27. The first-order valence-corrected chi connectivity index (χ1v) is 13.7. The molecule has 0 aliphatic carbocycles. The molecule has 1 aromatic carbocycles. The van der Waals surface area contributed by atoms with Crippen molar-refractivity contribution in [2.24, 2.45) is 0 Å². The van der Waals surface area contributed by atoms with Gasteiger partial charge in [0.15, 0.2) is 0 Å². The number of rotatable bonds is 6. The van der Waals surface area contributed by atoms with Gasteiger partial charge in [-0.3, -0.25) is 0 Å². The van der Waals surface area contributed by atoms with Crippen LogP contribution in [0.15, 0.2) is 36.3 Å². The molecule has 20 heavy (non-hydrogen) atoms. The Balaban J connectivity index is 3.25. The fraction of sp³-hybridized carbons (Fsp3) is 0.467. The predicted molar refractivity (Wildman–Crippen MR) is 89.2 cm³/mol. The predicted octanol–water partition coefficient (Wildman–Crippen LogP) is 4.66. The summed E-state index contributed by atoms with van der Waals surface area (Å²) in [6.45, 7) is 12.8. The molecule has 1 aromatic rings. The lowest BCUT2D eigenvalue weighted by atomic mass is 10.2. The fourth-order valence-electron chi connectivity index (χ4n) is 1.58. The van der Waals surface area contributed by atoms with E-state index in [0.29, 0.717) is 11.7 Å². The molecule has 0 fully saturated rings. The van der Waals surface area contributed by atoms with Crippen molar-refractivity contribution in [2.75, 3.05) is 7.11 Å². The number of ether oxygens (including phenoxy) is 1. The van der Waals surface area contributed by atoms with E-state index in [1.807, 2.05) is 30.3 Å². The van der Waals surface area contributed by atoms with Gasteiger partial charge in [-0.25, -0.2) is 0 Å². The summed E-state index contributed by atoms with van der Waals surface area (Å²) in [5.41, 5.74) is 0.974. The molecule has 0 amide bonds. The average Bonchev–Trinajstić information content (AvgIpc) is 2.26. The first kappa shape index (κ1) is 16.8. The third-order valence-electron chi connectivity index (χ3n) is 2.22. The Labute approximate surface area is 124 Å². The van der Waals surface area contributed by atoms with Gasteiger partial charge in [0, 0.05) is 5.56 Å². The van der Waals surface area contributed by atoms with Crippen molar-refractivity contribution in [2.45, 2.75) is 39.3 Å². The zero-order valence-electron chi connectivity index (χ0n) is 13.6. The number of hydrogen-bond donors (Lipinski definition) is 0. The zero-order valence-corrected chi connectivity index (χ0v) is 15.6. The summed E-state index contributed by atoms with van der Waals surface area (Å²) >= 11 is 0. The number of benzene rings is 1. The van der Waals surface area contributed by atoms with Crippen LogP contribution in [0.2, 0.25) is 39.3 Å². The minimum Gasteiger partial charge on any atom is -0.518 e. The van der Waals surface area contributed by atoms with Gasteiger partial charge in [0.1, 0.15) is 0 Å². The molecular formula is C15H26O3Si2. The summed E-state index contributed by atoms with van der Waals surface area (Å²) < 4.78 is 17.8. The summed E-state index contributed by atoms with van der Waals surface area (Å²) in [5, 5.41) is 0. The topological polar surface area (TPSA) is 27.7 Å². The van der Waals surface area contributed by atoms with Gasteiger partial charge in [0.25, 0.3) is 5.95 Å². The van der Waals surface area contributed by atoms with Gasteiger partial charge in [0.2, 0.25) is 22.4 Å². The Hall–Kier alpha value is -1.21. The van der Waals surface area contributed by atoms with Gasteiger partial charge < -0.3 is 13.6 Å². The van der Waals surface area contributed by atoms with E-state index in [0.717, 1.165) is 5.56 Å². The summed E-state index contributed by atoms with van der Waals surface area (Å²) in [7, 11) is -1.89. The molecule has 5 heteroatoms. The molecule has 0 spiro atoms. The van der Waals surface area contributed by atoms with Gasteiger partial charge in [-0.15, -0.1) is 0 Å². The first-order chi connectivity index (χ1) is 9.12. The summed E-state index contributed by atoms with van der Waals surface area (Å²) in [5.74, 6) is 1.22. The van der Waals surface area contributed by atoms with E-state index in [-0.39, 0.29) is 0 Å². The third kappa shape index (κ3) is 5.84. The van der Waals surface area contributed by atoms with Gasteiger partial charge in [-0.2, -0.15) is 0 Å². The smallest absolute Gasteiger partial charge is 0.296 e. The van der Waals surface area contributed by atoms with Gasteiger partial charge in [-0.05, 0) is 39.3 Å². The molecule has 1 rings (SSSR count). The van der Waals surface area contributed by atoms with Crippen molar-refractivity contribution in [3.8, 4) is 0 Å². The zero-order chi connectivity index (χ0) is 15.4. The molecule has 0 N–H and O–H groups in total. The molecule has 0 aliphatic rings. The maximum atomic E-state index is 6.13. The Bertz CT molecular complexity index is 438. The molecule has 0 unspecified atom stereocenters. The molecule has 0 aromatic heterocycles. The van der Waals surface area contributed by atoms with Crippen LogP contribution in [0.3, 0.4) is 0 Å². The second-order valence-corrected chi connectivity index (χ2v) is 15.5. The van der Waals surface area contributed by atoms with E-state index in [2.05, 4.69) is 39.3 Å². The maximum absolute atomic E-state index is 6.13. The summed E-state index contributed by atoms with van der Waals surface area (Å²) in [6, 6.07) is 9.94. The monoisotopic (exact) mass is 310 g/mol. The molecule has 0 radical (unpaired) electrons.